The van der Waals surface area contributed by atoms with Crippen LogP contribution in [0.4, 0.5) is 0 Å². The fourth-order valence-corrected chi connectivity index (χ4v) is 2.26. The number of hydrogen-bond donors (Lipinski definition) is 0. The standard InChI is InChI=1S/C12H13N5S/c1-2-8-17-11(10-3-6-14-7-4-10)15-16-12(17)18-9-5-13/h3-4,6-7H,2,8-9H2,1H3. The van der Waals surface area contributed by atoms with Crippen LogP contribution in [-0.2, 0) is 6.54 Å². The Morgan fingerprint density at radius 2 is 2.11 bits per heavy atom. The van der Waals surface area contributed by atoms with Crippen molar-refractivity contribution in [1.82, 2.24) is 19.7 Å². The predicted molar refractivity (Wildman–Crippen MR) is 69.9 cm³/mol. The molecule has 0 amide bonds. The summed E-state index contributed by atoms with van der Waals surface area (Å²) in [6.07, 6.45) is 4.47. The van der Waals surface area contributed by atoms with Crippen molar-refractivity contribution in [3.05, 3.63) is 24.5 Å². The van der Waals surface area contributed by atoms with Crippen molar-refractivity contribution in [2.75, 3.05) is 5.75 Å². The van der Waals surface area contributed by atoms with Crippen LogP contribution in [0.5, 0.6) is 0 Å². The second-order valence-electron chi connectivity index (χ2n) is 3.64. The highest BCUT2D eigenvalue weighted by Crippen LogP contribution is 2.23. The zero-order valence-corrected chi connectivity index (χ0v) is 10.9. The van der Waals surface area contributed by atoms with Crippen LogP contribution >= 0.6 is 11.8 Å². The van der Waals surface area contributed by atoms with Gasteiger partial charge < -0.3 is 4.57 Å². The lowest BCUT2D eigenvalue weighted by atomic mass is 10.2. The van der Waals surface area contributed by atoms with E-state index in [4.69, 9.17) is 5.26 Å². The minimum atomic E-state index is 0.387. The van der Waals surface area contributed by atoms with Gasteiger partial charge in [-0.25, -0.2) is 0 Å². The molecule has 5 nitrogen and oxygen atoms in total. The first-order valence-electron chi connectivity index (χ1n) is 5.70. The molecule has 2 heterocycles. The second kappa shape index (κ2) is 6.17. The molecule has 0 unspecified atom stereocenters. The maximum absolute atomic E-state index is 8.64. The summed E-state index contributed by atoms with van der Waals surface area (Å²) >= 11 is 1.42. The molecule has 0 fully saturated rings. The molecular formula is C12H13N5S. The smallest absolute Gasteiger partial charge is 0.192 e. The molecule has 0 aromatic carbocycles. The highest BCUT2D eigenvalue weighted by molar-refractivity contribution is 7.99. The molecule has 0 aliphatic rings. The van der Waals surface area contributed by atoms with E-state index in [0.717, 1.165) is 29.5 Å². The molecule has 0 N–H and O–H groups in total. The molecule has 0 aliphatic heterocycles. The number of nitrogens with zero attached hydrogens (tertiary/aromatic N) is 5. The maximum Gasteiger partial charge on any atom is 0.192 e. The molecule has 0 aliphatic carbocycles. The third kappa shape index (κ3) is 2.68. The number of nitriles is 1. The Morgan fingerprint density at radius 3 is 2.78 bits per heavy atom. The van der Waals surface area contributed by atoms with Crippen LogP contribution in [0.15, 0.2) is 29.7 Å². The van der Waals surface area contributed by atoms with Crippen molar-refractivity contribution in [2.45, 2.75) is 25.0 Å². The van der Waals surface area contributed by atoms with Crippen molar-refractivity contribution in [3.8, 4) is 17.5 Å². The van der Waals surface area contributed by atoms with Crippen molar-refractivity contribution in [3.63, 3.8) is 0 Å². The summed E-state index contributed by atoms with van der Waals surface area (Å²) in [6, 6.07) is 5.93. The van der Waals surface area contributed by atoms with Gasteiger partial charge in [-0.3, -0.25) is 4.98 Å². The first-order valence-corrected chi connectivity index (χ1v) is 6.68. The van der Waals surface area contributed by atoms with E-state index in [1.54, 1.807) is 12.4 Å². The number of thioether (sulfide) groups is 1. The van der Waals surface area contributed by atoms with Crippen LogP contribution in [0.3, 0.4) is 0 Å². The van der Waals surface area contributed by atoms with Gasteiger partial charge in [-0.15, -0.1) is 10.2 Å². The molecule has 92 valence electrons. The molecule has 0 bridgehead atoms. The summed E-state index contributed by atoms with van der Waals surface area (Å²) in [7, 11) is 0. The lowest BCUT2D eigenvalue weighted by Crippen LogP contribution is -2.02. The molecule has 0 spiro atoms. The molecular weight excluding hydrogens is 246 g/mol. The number of hydrogen-bond acceptors (Lipinski definition) is 5. The fraction of sp³-hybridized carbons (Fsp3) is 0.333. The maximum atomic E-state index is 8.64. The van der Waals surface area contributed by atoms with Crippen molar-refractivity contribution in [2.24, 2.45) is 0 Å². The van der Waals surface area contributed by atoms with Crippen LogP contribution in [0.1, 0.15) is 13.3 Å². The van der Waals surface area contributed by atoms with Crippen LogP contribution in [-0.4, -0.2) is 25.5 Å². The van der Waals surface area contributed by atoms with Gasteiger partial charge in [-0.1, -0.05) is 18.7 Å². The first-order chi connectivity index (χ1) is 8.86. The molecule has 0 radical (unpaired) electrons. The summed E-state index contributed by atoms with van der Waals surface area (Å²) in [4.78, 5) is 4.00. The Hall–Kier alpha value is -1.87. The minimum absolute atomic E-state index is 0.387. The van der Waals surface area contributed by atoms with Crippen LogP contribution in [0, 0.1) is 11.3 Å². The Bertz CT molecular complexity index is 543. The SMILES string of the molecule is CCCn1c(SCC#N)nnc1-c1ccncc1. The van der Waals surface area contributed by atoms with Gasteiger partial charge in [0, 0.05) is 24.5 Å². The van der Waals surface area contributed by atoms with Gasteiger partial charge in [0.1, 0.15) is 0 Å². The van der Waals surface area contributed by atoms with E-state index in [2.05, 4.69) is 32.7 Å². The zero-order chi connectivity index (χ0) is 12.8. The average Bonchev–Trinajstić information content (AvgIpc) is 2.81. The third-order valence-electron chi connectivity index (χ3n) is 2.37. The molecule has 2 aromatic heterocycles. The average molecular weight is 259 g/mol. The van der Waals surface area contributed by atoms with E-state index in [1.165, 1.54) is 11.8 Å². The first kappa shape index (κ1) is 12.6. The highest BCUT2D eigenvalue weighted by atomic mass is 32.2. The van der Waals surface area contributed by atoms with Gasteiger partial charge in [0.25, 0.3) is 0 Å². The molecule has 0 atom stereocenters. The molecule has 18 heavy (non-hydrogen) atoms. The van der Waals surface area contributed by atoms with Gasteiger partial charge in [0.15, 0.2) is 11.0 Å². The third-order valence-corrected chi connectivity index (χ3v) is 3.20. The molecule has 0 saturated carbocycles. The summed E-state index contributed by atoms with van der Waals surface area (Å²) in [5.74, 6) is 1.22. The van der Waals surface area contributed by atoms with Crippen molar-refractivity contribution in [1.29, 1.82) is 5.26 Å². The summed E-state index contributed by atoms with van der Waals surface area (Å²) in [6.45, 7) is 2.95. The molecule has 2 rings (SSSR count). The zero-order valence-electron chi connectivity index (χ0n) is 10.1. The Morgan fingerprint density at radius 1 is 1.33 bits per heavy atom. The van der Waals surface area contributed by atoms with Gasteiger partial charge in [0.05, 0.1) is 11.8 Å². The Labute approximate surface area is 110 Å². The Kier molecular flexibility index (Phi) is 4.31. The summed E-state index contributed by atoms with van der Waals surface area (Å²) in [5.41, 5.74) is 0.995. The number of aromatic nitrogens is 4. The molecule has 0 saturated heterocycles. The van der Waals surface area contributed by atoms with E-state index < -0.39 is 0 Å². The van der Waals surface area contributed by atoms with Gasteiger partial charge >= 0.3 is 0 Å². The molecule has 2 aromatic rings. The lowest BCUT2D eigenvalue weighted by Gasteiger charge is -2.07. The van der Waals surface area contributed by atoms with Gasteiger partial charge in [0.2, 0.25) is 0 Å². The van der Waals surface area contributed by atoms with E-state index in [0.29, 0.717) is 5.75 Å². The monoisotopic (exact) mass is 259 g/mol. The predicted octanol–water partition coefficient (Wildman–Crippen LogP) is 2.37. The van der Waals surface area contributed by atoms with Gasteiger partial charge in [-0.05, 0) is 18.6 Å². The lowest BCUT2D eigenvalue weighted by molar-refractivity contribution is 0.626. The van der Waals surface area contributed by atoms with E-state index >= 15 is 0 Å². The van der Waals surface area contributed by atoms with Crippen LogP contribution in [0.25, 0.3) is 11.4 Å². The van der Waals surface area contributed by atoms with Gasteiger partial charge in [-0.2, -0.15) is 5.26 Å². The summed E-state index contributed by atoms with van der Waals surface area (Å²) in [5, 5.41) is 17.8. The minimum Gasteiger partial charge on any atom is -0.302 e. The van der Waals surface area contributed by atoms with Crippen molar-refractivity contribution < 1.29 is 0 Å². The Balaban J connectivity index is 2.36. The molecule has 6 heteroatoms. The number of rotatable bonds is 5. The second-order valence-corrected chi connectivity index (χ2v) is 4.58. The number of pyridine rings is 1. The fourth-order valence-electron chi connectivity index (χ4n) is 1.63. The van der Waals surface area contributed by atoms with Crippen LogP contribution < -0.4 is 0 Å². The topological polar surface area (TPSA) is 67.4 Å². The van der Waals surface area contributed by atoms with E-state index in [1.807, 2.05) is 12.1 Å². The quantitative estimate of drug-likeness (QED) is 0.771. The van der Waals surface area contributed by atoms with Crippen molar-refractivity contribution >= 4 is 11.8 Å². The summed E-state index contributed by atoms with van der Waals surface area (Å²) < 4.78 is 2.05. The normalized spacial score (nSPS) is 10.2. The van der Waals surface area contributed by atoms with E-state index in [-0.39, 0.29) is 0 Å². The van der Waals surface area contributed by atoms with Crippen LogP contribution in [0.2, 0.25) is 0 Å². The van der Waals surface area contributed by atoms with E-state index in [9.17, 15) is 0 Å². The highest BCUT2D eigenvalue weighted by Gasteiger charge is 2.13. The largest absolute Gasteiger partial charge is 0.302 e.